The van der Waals surface area contributed by atoms with Gasteiger partial charge in [-0.2, -0.15) is 5.10 Å². The number of aryl methyl sites for hydroxylation is 1. The Kier molecular flexibility index (Phi) is 4.39. The zero-order valence-corrected chi connectivity index (χ0v) is 13.9. The van der Waals surface area contributed by atoms with Crippen LogP contribution in [0.15, 0.2) is 35.4 Å². The molecule has 132 valence electrons. The van der Waals surface area contributed by atoms with Gasteiger partial charge in [0.2, 0.25) is 11.8 Å². The summed E-state index contributed by atoms with van der Waals surface area (Å²) in [4.78, 5) is 39.4. The lowest BCUT2D eigenvalue weighted by molar-refractivity contribution is -0.137. The van der Waals surface area contributed by atoms with E-state index in [0.717, 1.165) is 4.68 Å². The maximum Gasteiger partial charge on any atom is 0.345 e. The lowest BCUT2D eigenvalue weighted by atomic mass is 10.2. The van der Waals surface area contributed by atoms with Crippen molar-refractivity contribution in [3.63, 3.8) is 0 Å². The summed E-state index contributed by atoms with van der Waals surface area (Å²) >= 11 is 0. The number of amides is 2. The molecule has 9 heteroatoms. The average Bonchev–Trinajstić information content (AvgIpc) is 3.12. The summed E-state index contributed by atoms with van der Waals surface area (Å²) < 4.78 is 16.2. The number of carbonyl (C=O) groups is 2. The first kappa shape index (κ1) is 16.9. The van der Waals surface area contributed by atoms with Gasteiger partial charge in [-0.25, -0.2) is 13.9 Å². The van der Waals surface area contributed by atoms with Crippen LogP contribution >= 0.6 is 0 Å². The molecule has 1 atom stereocenters. The van der Waals surface area contributed by atoms with Gasteiger partial charge in [0.15, 0.2) is 0 Å². The average molecular weight is 347 g/mol. The monoisotopic (exact) mass is 347 g/mol. The fraction of sp³-hybridized carbons (Fsp3) is 0.375. The first-order valence-corrected chi connectivity index (χ1v) is 7.80. The number of hydrogen-bond acceptors (Lipinski definition) is 4. The van der Waals surface area contributed by atoms with Crippen LogP contribution in [0.4, 0.5) is 10.1 Å². The zero-order chi connectivity index (χ0) is 18.1. The number of halogens is 1. The van der Waals surface area contributed by atoms with Gasteiger partial charge in [-0.1, -0.05) is 12.1 Å². The van der Waals surface area contributed by atoms with Crippen molar-refractivity contribution in [3.05, 3.63) is 46.9 Å². The van der Waals surface area contributed by atoms with Crippen molar-refractivity contribution in [3.8, 4) is 0 Å². The van der Waals surface area contributed by atoms with Crippen LogP contribution in [0.1, 0.15) is 6.42 Å². The van der Waals surface area contributed by atoms with Crippen LogP contribution < -0.4 is 10.6 Å². The highest BCUT2D eigenvalue weighted by atomic mass is 19.1. The first-order valence-electron chi connectivity index (χ1n) is 7.80. The molecular weight excluding hydrogens is 329 g/mol. The number of hydrogen-bond donors (Lipinski definition) is 0. The van der Waals surface area contributed by atoms with Crippen molar-refractivity contribution in [2.24, 2.45) is 7.05 Å². The van der Waals surface area contributed by atoms with Crippen molar-refractivity contribution < 1.29 is 14.0 Å². The van der Waals surface area contributed by atoms with Crippen molar-refractivity contribution in [2.75, 3.05) is 18.5 Å². The summed E-state index contributed by atoms with van der Waals surface area (Å²) in [6.07, 6.45) is 1.71. The molecule has 2 heterocycles. The summed E-state index contributed by atoms with van der Waals surface area (Å²) in [5.74, 6) is -1.23. The van der Waals surface area contributed by atoms with Gasteiger partial charge >= 0.3 is 5.69 Å². The van der Waals surface area contributed by atoms with Crippen molar-refractivity contribution in [1.82, 2.24) is 19.2 Å². The fourth-order valence-corrected chi connectivity index (χ4v) is 2.88. The highest BCUT2D eigenvalue weighted by Crippen LogP contribution is 2.26. The number of likely N-dealkylation sites (N-methyl/N-ethyl adjacent to an activating group) is 1. The minimum Gasteiger partial charge on any atom is -0.332 e. The van der Waals surface area contributed by atoms with E-state index in [1.807, 2.05) is 0 Å². The topological polar surface area (TPSA) is 80.4 Å². The second-order valence-corrected chi connectivity index (χ2v) is 5.93. The molecule has 0 bridgehead atoms. The molecule has 0 spiro atoms. The van der Waals surface area contributed by atoms with Gasteiger partial charge in [0.25, 0.3) is 0 Å². The van der Waals surface area contributed by atoms with E-state index < -0.39 is 23.5 Å². The summed E-state index contributed by atoms with van der Waals surface area (Å²) in [5, 5.41) is 3.83. The van der Waals surface area contributed by atoms with Crippen LogP contribution in [0, 0.1) is 5.82 Å². The summed E-state index contributed by atoms with van der Waals surface area (Å²) in [6, 6.07) is 5.34. The van der Waals surface area contributed by atoms with E-state index in [-0.39, 0.29) is 18.1 Å². The normalized spacial score (nSPS) is 17.2. The molecule has 1 aromatic carbocycles. The third-order valence-corrected chi connectivity index (χ3v) is 4.35. The Morgan fingerprint density at radius 3 is 2.72 bits per heavy atom. The molecular formula is C16H18FN5O3. The van der Waals surface area contributed by atoms with Gasteiger partial charge in [-0.15, -0.1) is 0 Å². The largest absolute Gasteiger partial charge is 0.345 e. The van der Waals surface area contributed by atoms with Crippen LogP contribution in [-0.2, 0) is 23.2 Å². The molecule has 0 radical (unpaired) electrons. The Balaban J connectivity index is 1.73. The molecule has 0 saturated carbocycles. The molecule has 1 fully saturated rings. The summed E-state index contributed by atoms with van der Waals surface area (Å²) in [7, 11) is 3.04. The van der Waals surface area contributed by atoms with E-state index in [4.69, 9.17) is 0 Å². The third-order valence-electron chi connectivity index (χ3n) is 4.35. The molecule has 3 rings (SSSR count). The van der Waals surface area contributed by atoms with Gasteiger partial charge in [0.05, 0.1) is 5.69 Å². The van der Waals surface area contributed by atoms with E-state index in [0.29, 0.717) is 13.0 Å². The SMILES string of the molecule is CN(C(=O)Cn1ncn(C)c1=O)[C@H]1CCN(c2ccccc2F)C1=O. The molecule has 1 saturated heterocycles. The van der Waals surface area contributed by atoms with E-state index in [1.165, 1.54) is 46.9 Å². The predicted molar refractivity (Wildman–Crippen MR) is 87.4 cm³/mol. The zero-order valence-electron chi connectivity index (χ0n) is 13.9. The molecule has 8 nitrogen and oxygen atoms in total. The molecule has 0 N–H and O–H groups in total. The highest BCUT2D eigenvalue weighted by Gasteiger charge is 2.38. The first-order chi connectivity index (χ1) is 11.9. The number of rotatable bonds is 4. The molecule has 2 amide bonds. The number of benzene rings is 1. The second kappa shape index (κ2) is 6.50. The van der Waals surface area contributed by atoms with E-state index in [1.54, 1.807) is 12.1 Å². The molecule has 1 aromatic heterocycles. The Morgan fingerprint density at radius 1 is 1.36 bits per heavy atom. The molecule has 1 aliphatic heterocycles. The van der Waals surface area contributed by atoms with Crippen LogP contribution in [-0.4, -0.2) is 50.7 Å². The van der Waals surface area contributed by atoms with Crippen LogP contribution in [0.5, 0.6) is 0 Å². The minimum atomic E-state index is -0.688. The van der Waals surface area contributed by atoms with E-state index in [9.17, 15) is 18.8 Å². The lowest BCUT2D eigenvalue weighted by Crippen LogP contribution is -2.45. The van der Waals surface area contributed by atoms with Gasteiger partial charge in [-0.3, -0.25) is 14.2 Å². The van der Waals surface area contributed by atoms with E-state index in [2.05, 4.69) is 5.10 Å². The third kappa shape index (κ3) is 3.04. The number of para-hydroxylation sites is 1. The van der Waals surface area contributed by atoms with Crippen molar-refractivity contribution in [2.45, 2.75) is 19.0 Å². The van der Waals surface area contributed by atoms with Gasteiger partial charge < -0.3 is 9.80 Å². The standard InChI is InChI=1S/C16H18FN5O3/c1-19-10-18-22(16(19)25)9-14(23)20(2)13-7-8-21(15(13)24)12-6-4-3-5-11(12)17/h3-6,10,13H,7-9H2,1-2H3/t13-/m0/s1. The lowest BCUT2D eigenvalue weighted by Gasteiger charge is -2.24. The minimum absolute atomic E-state index is 0.205. The maximum absolute atomic E-state index is 13.9. The van der Waals surface area contributed by atoms with Gasteiger partial charge in [0, 0.05) is 20.6 Å². The Bertz CT molecular complexity index is 875. The Labute approximate surface area is 143 Å². The Morgan fingerprint density at radius 2 is 2.08 bits per heavy atom. The predicted octanol–water partition coefficient (Wildman–Crippen LogP) is -0.0152. The maximum atomic E-state index is 13.9. The van der Waals surface area contributed by atoms with Crippen molar-refractivity contribution >= 4 is 17.5 Å². The Hall–Kier alpha value is -2.97. The second-order valence-electron chi connectivity index (χ2n) is 5.93. The molecule has 1 aliphatic rings. The fourth-order valence-electron chi connectivity index (χ4n) is 2.88. The number of aromatic nitrogens is 3. The summed E-state index contributed by atoms with van der Waals surface area (Å²) in [5.41, 5.74) is -0.204. The van der Waals surface area contributed by atoms with Crippen LogP contribution in [0.25, 0.3) is 0 Å². The van der Waals surface area contributed by atoms with Gasteiger partial charge in [0.1, 0.15) is 24.7 Å². The van der Waals surface area contributed by atoms with Gasteiger partial charge in [-0.05, 0) is 18.6 Å². The quantitative estimate of drug-likeness (QED) is 0.779. The highest BCUT2D eigenvalue weighted by molar-refractivity contribution is 6.01. The van der Waals surface area contributed by atoms with E-state index >= 15 is 0 Å². The molecule has 2 aromatic rings. The smallest absolute Gasteiger partial charge is 0.332 e. The van der Waals surface area contributed by atoms with Crippen LogP contribution in [0.3, 0.4) is 0 Å². The number of nitrogens with zero attached hydrogens (tertiary/aromatic N) is 5. The summed E-state index contributed by atoms with van der Waals surface area (Å²) in [6.45, 7) is 0.0746. The number of carbonyl (C=O) groups excluding carboxylic acids is 2. The molecule has 0 unspecified atom stereocenters. The molecule has 0 aliphatic carbocycles. The van der Waals surface area contributed by atoms with Crippen molar-refractivity contribution in [1.29, 1.82) is 0 Å². The molecule has 25 heavy (non-hydrogen) atoms. The van der Waals surface area contributed by atoms with Crippen LogP contribution in [0.2, 0.25) is 0 Å². The number of anilines is 1.